The van der Waals surface area contributed by atoms with Gasteiger partial charge in [0.1, 0.15) is 5.78 Å². The minimum absolute atomic E-state index is 0.0382. The van der Waals surface area contributed by atoms with Crippen LogP contribution in [0.5, 0.6) is 0 Å². The van der Waals surface area contributed by atoms with E-state index in [4.69, 9.17) is 5.11 Å². The second-order valence-corrected chi connectivity index (χ2v) is 7.35. The van der Waals surface area contributed by atoms with Crippen LogP contribution in [0.3, 0.4) is 0 Å². The number of rotatable bonds is 12. The van der Waals surface area contributed by atoms with E-state index >= 15 is 0 Å². The summed E-state index contributed by atoms with van der Waals surface area (Å²) in [6, 6.07) is 0. The number of aliphatic hydroxyl groups excluding tert-OH is 2. The van der Waals surface area contributed by atoms with Crippen LogP contribution in [0.4, 0.5) is 0 Å². The van der Waals surface area contributed by atoms with E-state index in [1.54, 1.807) is 6.08 Å². The van der Waals surface area contributed by atoms with E-state index in [2.05, 4.69) is 6.92 Å². The highest BCUT2D eigenvalue weighted by molar-refractivity contribution is 5.87. The van der Waals surface area contributed by atoms with E-state index in [-0.39, 0.29) is 30.5 Å². The Kier molecular flexibility index (Phi) is 10.4. The number of carbonyl (C=O) groups is 2. The molecule has 0 aromatic rings. The third-order valence-corrected chi connectivity index (χ3v) is 5.07. The molecule has 0 bridgehead atoms. The number of allylic oxidation sites excluding steroid dienone is 3. The summed E-state index contributed by atoms with van der Waals surface area (Å²) >= 11 is 0. The molecule has 4 atom stereocenters. The fourth-order valence-corrected chi connectivity index (χ4v) is 3.67. The third kappa shape index (κ3) is 7.83. The van der Waals surface area contributed by atoms with E-state index in [1.807, 2.05) is 19.1 Å². The van der Waals surface area contributed by atoms with Gasteiger partial charge in [-0.3, -0.25) is 9.59 Å². The lowest BCUT2D eigenvalue weighted by Crippen LogP contribution is -2.22. The van der Waals surface area contributed by atoms with E-state index in [1.165, 1.54) is 0 Å². The molecule has 1 aliphatic rings. The van der Waals surface area contributed by atoms with Gasteiger partial charge in [0.15, 0.2) is 0 Å². The highest BCUT2D eigenvalue weighted by atomic mass is 16.4. The lowest BCUT2D eigenvalue weighted by Gasteiger charge is -2.21. The first-order valence-electron chi connectivity index (χ1n) is 9.80. The van der Waals surface area contributed by atoms with Gasteiger partial charge in [-0.25, -0.2) is 0 Å². The average Bonchev–Trinajstić information content (AvgIpc) is 2.84. The Labute approximate surface area is 156 Å². The summed E-state index contributed by atoms with van der Waals surface area (Å²) < 4.78 is 0. The maximum absolute atomic E-state index is 12.3. The molecule has 5 heteroatoms. The zero-order chi connectivity index (χ0) is 19.5. The molecule has 2 unspecified atom stereocenters. The van der Waals surface area contributed by atoms with Gasteiger partial charge >= 0.3 is 5.97 Å². The molecular weight excluding hydrogens is 332 g/mol. The highest BCUT2D eigenvalue weighted by Crippen LogP contribution is 2.37. The van der Waals surface area contributed by atoms with Gasteiger partial charge in [0.05, 0.1) is 12.2 Å². The first-order chi connectivity index (χ1) is 12.4. The minimum Gasteiger partial charge on any atom is -0.481 e. The second-order valence-electron chi connectivity index (χ2n) is 7.35. The van der Waals surface area contributed by atoms with Gasteiger partial charge in [-0.05, 0) is 32.6 Å². The van der Waals surface area contributed by atoms with Crippen LogP contribution in [0.2, 0.25) is 0 Å². The van der Waals surface area contributed by atoms with Crippen molar-refractivity contribution in [2.24, 2.45) is 11.8 Å². The van der Waals surface area contributed by atoms with E-state index < -0.39 is 18.2 Å². The summed E-state index contributed by atoms with van der Waals surface area (Å²) in [6.45, 7) is 3.99. The molecule has 148 valence electrons. The predicted octanol–water partition coefficient (Wildman–Crippen LogP) is 3.64. The molecule has 1 rings (SSSR count). The SMILES string of the molecule is CCCCCC(O)/C=C(\C)[C@H]1C(=O)CC(O)[C@@H]1C/C=C\CCCC(=O)O. The molecule has 0 aromatic heterocycles. The number of Topliss-reactive ketones (excluding diaryl/α,β-unsaturated/α-hetero) is 1. The van der Waals surface area contributed by atoms with Crippen LogP contribution in [0.15, 0.2) is 23.8 Å². The molecule has 1 fully saturated rings. The Bertz CT molecular complexity index is 509. The number of carboxylic acid groups (broad SMARTS) is 1. The van der Waals surface area contributed by atoms with Crippen molar-refractivity contribution in [1.82, 2.24) is 0 Å². The van der Waals surface area contributed by atoms with Crippen LogP contribution in [0.1, 0.15) is 71.6 Å². The number of aliphatic hydroxyl groups is 2. The standard InChI is InChI=1S/C21H34O5/c1-3-4-7-10-16(22)13-15(2)21-17(18(23)14-19(21)24)11-8-5-6-9-12-20(25)26/h5,8,13,16-18,21-23H,3-4,6-7,9-12,14H2,1-2H3,(H,25,26)/b8-5-,15-13+/t16?,17-,18?,21+/m0/s1. The van der Waals surface area contributed by atoms with Gasteiger partial charge < -0.3 is 15.3 Å². The van der Waals surface area contributed by atoms with Gasteiger partial charge in [0.25, 0.3) is 0 Å². The molecule has 1 aliphatic carbocycles. The summed E-state index contributed by atoms with van der Waals surface area (Å²) in [7, 11) is 0. The van der Waals surface area contributed by atoms with Crippen LogP contribution in [-0.4, -0.2) is 39.3 Å². The normalized spacial score (nSPS) is 25.2. The maximum Gasteiger partial charge on any atom is 0.303 e. The molecule has 1 saturated carbocycles. The monoisotopic (exact) mass is 366 g/mol. The van der Waals surface area contributed by atoms with Crippen molar-refractivity contribution >= 4 is 11.8 Å². The van der Waals surface area contributed by atoms with Crippen LogP contribution < -0.4 is 0 Å². The van der Waals surface area contributed by atoms with Crippen molar-refractivity contribution in [3.05, 3.63) is 23.8 Å². The van der Waals surface area contributed by atoms with Crippen molar-refractivity contribution in [3.63, 3.8) is 0 Å². The van der Waals surface area contributed by atoms with Crippen molar-refractivity contribution in [1.29, 1.82) is 0 Å². The summed E-state index contributed by atoms with van der Waals surface area (Å²) in [5, 5.41) is 29.0. The first-order valence-corrected chi connectivity index (χ1v) is 9.80. The molecule has 0 aromatic carbocycles. The Morgan fingerprint density at radius 3 is 2.65 bits per heavy atom. The molecule has 3 N–H and O–H groups in total. The number of hydrogen-bond acceptors (Lipinski definition) is 4. The smallest absolute Gasteiger partial charge is 0.303 e. The molecule has 0 aliphatic heterocycles. The average molecular weight is 366 g/mol. The molecule has 0 spiro atoms. The highest BCUT2D eigenvalue weighted by Gasteiger charge is 2.41. The Balaban J connectivity index is 2.61. The molecule has 5 nitrogen and oxygen atoms in total. The van der Waals surface area contributed by atoms with Gasteiger partial charge in [-0.15, -0.1) is 0 Å². The Morgan fingerprint density at radius 2 is 2.00 bits per heavy atom. The van der Waals surface area contributed by atoms with Gasteiger partial charge in [-0.2, -0.15) is 0 Å². The number of hydrogen-bond donors (Lipinski definition) is 3. The number of unbranched alkanes of at least 4 members (excludes halogenated alkanes) is 3. The van der Waals surface area contributed by atoms with Crippen molar-refractivity contribution in [2.75, 3.05) is 0 Å². The number of carbonyl (C=O) groups excluding carboxylic acids is 1. The van der Waals surface area contributed by atoms with E-state index in [9.17, 15) is 19.8 Å². The summed E-state index contributed by atoms with van der Waals surface area (Å²) in [5.74, 6) is -1.27. The predicted molar refractivity (Wildman–Crippen MR) is 102 cm³/mol. The number of ketones is 1. The van der Waals surface area contributed by atoms with Crippen molar-refractivity contribution < 1.29 is 24.9 Å². The van der Waals surface area contributed by atoms with Crippen molar-refractivity contribution in [2.45, 2.75) is 83.8 Å². The zero-order valence-electron chi connectivity index (χ0n) is 16.1. The lowest BCUT2D eigenvalue weighted by molar-refractivity contribution is -0.137. The van der Waals surface area contributed by atoms with Gasteiger partial charge in [-0.1, -0.05) is 50.0 Å². The topological polar surface area (TPSA) is 94.8 Å². The molecule has 26 heavy (non-hydrogen) atoms. The molecule has 0 saturated heterocycles. The van der Waals surface area contributed by atoms with E-state index in [0.717, 1.165) is 24.8 Å². The quantitative estimate of drug-likeness (QED) is 0.362. The molecule has 0 amide bonds. The van der Waals surface area contributed by atoms with Crippen LogP contribution in [-0.2, 0) is 9.59 Å². The fraction of sp³-hybridized carbons (Fsp3) is 0.714. The Hall–Kier alpha value is -1.46. The second kappa shape index (κ2) is 12.0. The number of carboxylic acids is 1. The lowest BCUT2D eigenvalue weighted by atomic mass is 9.84. The summed E-state index contributed by atoms with van der Waals surface area (Å²) in [6.07, 6.45) is 10.5. The molecule has 0 radical (unpaired) electrons. The van der Waals surface area contributed by atoms with Crippen LogP contribution in [0.25, 0.3) is 0 Å². The fourth-order valence-electron chi connectivity index (χ4n) is 3.67. The van der Waals surface area contributed by atoms with Gasteiger partial charge in [0, 0.05) is 24.7 Å². The minimum atomic E-state index is -0.798. The van der Waals surface area contributed by atoms with Crippen LogP contribution in [0, 0.1) is 11.8 Å². The number of aliphatic carboxylic acids is 1. The maximum atomic E-state index is 12.3. The summed E-state index contributed by atoms with van der Waals surface area (Å²) in [4.78, 5) is 22.8. The molecule has 0 heterocycles. The summed E-state index contributed by atoms with van der Waals surface area (Å²) in [5.41, 5.74) is 0.847. The third-order valence-electron chi connectivity index (χ3n) is 5.07. The van der Waals surface area contributed by atoms with Crippen molar-refractivity contribution in [3.8, 4) is 0 Å². The first kappa shape index (κ1) is 22.6. The zero-order valence-corrected chi connectivity index (χ0v) is 16.1. The van der Waals surface area contributed by atoms with E-state index in [0.29, 0.717) is 25.7 Å². The Morgan fingerprint density at radius 1 is 1.27 bits per heavy atom. The van der Waals surface area contributed by atoms with Crippen LogP contribution >= 0.6 is 0 Å². The van der Waals surface area contributed by atoms with Gasteiger partial charge in [0.2, 0.25) is 0 Å². The molecular formula is C21H34O5. The largest absolute Gasteiger partial charge is 0.481 e.